The third kappa shape index (κ3) is 2.91. The zero-order chi connectivity index (χ0) is 13.3. The van der Waals surface area contributed by atoms with Gasteiger partial charge in [-0.1, -0.05) is 23.2 Å². The van der Waals surface area contributed by atoms with Crippen molar-refractivity contribution in [3.63, 3.8) is 0 Å². The summed E-state index contributed by atoms with van der Waals surface area (Å²) in [7, 11) is 0. The summed E-state index contributed by atoms with van der Waals surface area (Å²) in [5.74, 6) is 0.132. The van der Waals surface area contributed by atoms with E-state index in [2.05, 4.69) is 9.97 Å². The van der Waals surface area contributed by atoms with Crippen LogP contribution in [0.1, 0.15) is 5.56 Å². The molecule has 0 unspecified atom stereocenters. The summed E-state index contributed by atoms with van der Waals surface area (Å²) in [6, 6.07) is 4.56. The summed E-state index contributed by atoms with van der Waals surface area (Å²) < 4.78 is 37.0. The number of hydrogen-bond donors (Lipinski definition) is 0. The summed E-state index contributed by atoms with van der Waals surface area (Å²) in [6.07, 6.45) is -3.02. The number of halogens is 5. The first-order valence-corrected chi connectivity index (χ1v) is 5.47. The molecule has 2 rings (SSSR count). The molecule has 7 heteroatoms. The molecule has 0 fully saturated rings. The van der Waals surface area contributed by atoms with Gasteiger partial charge in [0, 0.05) is 28.0 Å². The lowest BCUT2D eigenvalue weighted by Gasteiger charge is -2.06. The van der Waals surface area contributed by atoms with E-state index in [0.717, 1.165) is 12.4 Å². The normalized spacial score (nSPS) is 11.6. The molecule has 0 aliphatic carbocycles. The van der Waals surface area contributed by atoms with Crippen LogP contribution in [0.2, 0.25) is 10.0 Å². The average Bonchev–Trinajstić information content (AvgIpc) is 2.27. The van der Waals surface area contributed by atoms with Crippen LogP contribution < -0.4 is 0 Å². The smallest absolute Gasteiger partial charge is 0.236 e. The van der Waals surface area contributed by atoms with E-state index in [1.165, 1.54) is 18.2 Å². The molecule has 94 valence electrons. The standard InChI is InChI=1S/C11H5Cl2F3N2/c12-8-1-6(2-9(13)3-8)10-17-4-7(5-18-10)11(14,15)16/h1-5H. The molecule has 0 N–H and O–H groups in total. The van der Waals surface area contributed by atoms with Gasteiger partial charge in [0.2, 0.25) is 0 Å². The maximum Gasteiger partial charge on any atom is 0.419 e. The Kier molecular flexibility index (Phi) is 3.45. The molecule has 2 nitrogen and oxygen atoms in total. The van der Waals surface area contributed by atoms with Crippen LogP contribution >= 0.6 is 23.2 Å². The van der Waals surface area contributed by atoms with Crippen LogP contribution in [-0.4, -0.2) is 9.97 Å². The molecule has 0 saturated heterocycles. The molecule has 0 amide bonds. The van der Waals surface area contributed by atoms with E-state index >= 15 is 0 Å². The lowest BCUT2D eigenvalue weighted by molar-refractivity contribution is -0.138. The second kappa shape index (κ2) is 4.74. The van der Waals surface area contributed by atoms with Crippen LogP contribution in [0.3, 0.4) is 0 Å². The third-order valence-electron chi connectivity index (χ3n) is 2.10. The van der Waals surface area contributed by atoms with E-state index in [9.17, 15) is 13.2 Å². The number of nitrogens with zero attached hydrogens (tertiary/aromatic N) is 2. The van der Waals surface area contributed by atoms with Crippen LogP contribution in [0.5, 0.6) is 0 Å². The van der Waals surface area contributed by atoms with Crippen LogP contribution in [0, 0.1) is 0 Å². The second-order valence-electron chi connectivity index (χ2n) is 3.45. The Balaban J connectivity index is 2.40. The summed E-state index contributed by atoms with van der Waals surface area (Å²) in [5.41, 5.74) is -0.444. The molecule has 1 aromatic heterocycles. The van der Waals surface area contributed by atoms with Gasteiger partial charge in [0.25, 0.3) is 0 Å². The zero-order valence-corrected chi connectivity index (χ0v) is 10.2. The van der Waals surface area contributed by atoms with E-state index in [-0.39, 0.29) is 5.82 Å². The summed E-state index contributed by atoms with van der Waals surface area (Å²) in [6.45, 7) is 0. The average molecular weight is 293 g/mol. The Morgan fingerprint density at radius 1 is 0.889 bits per heavy atom. The van der Waals surface area contributed by atoms with Gasteiger partial charge in [0.1, 0.15) is 0 Å². The molecule has 18 heavy (non-hydrogen) atoms. The minimum Gasteiger partial charge on any atom is -0.236 e. The molecule has 0 spiro atoms. The lowest BCUT2D eigenvalue weighted by atomic mass is 10.2. The second-order valence-corrected chi connectivity index (χ2v) is 4.32. The van der Waals surface area contributed by atoms with Gasteiger partial charge in [0.05, 0.1) is 5.56 Å². The predicted molar refractivity (Wildman–Crippen MR) is 62.5 cm³/mol. The number of benzene rings is 1. The fourth-order valence-electron chi connectivity index (χ4n) is 1.31. The van der Waals surface area contributed by atoms with Crippen LogP contribution in [0.15, 0.2) is 30.6 Å². The maximum absolute atomic E-state index is 12.3. The van der Waals surface area contributed by atoms with Gasteiger partial charge in [-0.3, -0.25) is 0 Å². The molecule has 0 radical (unpaired) electrons. The minimum atomic E-state index is -4.45. The van der Waals surface area contributed by atoms with Gasteiger partial charge in [-0.2, -0.15) is 13.2 Å². The van der Waals surface area contributed by atoms with Crippen molar-refractivity contribution in [2.45, 2.75) is 6.18 Å². The molecule has 0 atom stereocenters. The number of hydrogen-bond acceptors (Lipinski definition) is 2. The fourth-order valence-corrected chi connectivity index (χ4v) is 1.83. The monoisotopic (exact) mass is 292 g/mol. The third-order valence-corrected chi connectivity index (χ3v) is 2.54. The Hall–Kier alpha value is -1.33. The molecule has 1 aromatic carbocycles. The van der Waals surface area contributed by atoms with E-state index in [1.807, 2.05) is 0 Å². The first-order chi connectivity index (χ1) is 8.36. The Labute approximate surface area is 110 Å². The molecular weight excluding hydrogens is 288 g/mol. The van der Waals surface area contributed by atoms with Crippen LogP contribution in [0.4, 0.5) is 13.2 Å². The van der Waals surface area contributed by atoms with Crippen molar-refractivity contribution >= 4 is 23.2 Å². The number of aromatic nitrogens is 2. The van der Waals surface area contributed by atoms with Crippen molar-refractivity contribution in [1.29, 1.82) is 0 Å². The summed E-state index contributed by atoms with van der Waals surface area (Å²) >= 11 is 11.6. The van der Waals surface area contributed by atoms with Crippen LogP contribution in [-0.2, 0) is 6.18 Å². The van der Waals surface area contributed by atoms with Crippen molar-refractivity contribution < 1.29 is 13.2 Å². The molecule has 0 bridgehead atoms. The van der Waals surface area contributed by atoms with Crippen molar-refractivity contribution in [2.75, 3.05) is 0 Å². The van der Waals surface area contributed by atoms with Gasteiger partial charge in [-0.05, 0) is 18.2 Å². The highest BCUT2D eigenvalue weighted by Crippen LogP contribution is 2.29. The molecule has 0 saturated carbocycles. The Bertz CT molecular complexity index is 547. The van der Waals surface area contributed by atoms with E-state index < -0.39 is 11.7 Å². The van der Waals surface area contributed by atoms with Gasteiger partial charge < -0.3 is 0 Å². The van der Waals surface area contributed by atoms with Crippen LogP contribution in [0.25, 0.3) is 11.4 Å². The van der Waals surface area contributed by atoms with Gasteiger partial charge in [-0.15, -0.1) is 0 Å². The maximum atomic E-state index is 12.3. The van der Waals surface area contributed by atoms with Gasteiger partial charge in [-0.25, -0.2) is 9.97 Å². The number of rotatable bonds is 1. The SMILES string of the molecule is FC(F)(F)c1cnc(-c2cc(Cl)cc(Cl)c2)nc1. The highest BCUT2D eigenvalue weighted by atomic mass is 35.5. The molecule has 0 aliphatic heterocycles. The Morgan fingerprint density at radius 3 is 1.83 bits per heavy atom. The summed E-state index contributed by atoms with van der Waals surface area (Å²) in [4.78, 5) is 7.30. The lowest BCUT2D eigenvalue weighted by Crippen LogP contribution is -2.06. The van der Waals surface area contributed by atoms with Crippen molar-refractivity contribution in [3.8, 4) is 11.4 Å². The first-order valence-electron chi connectivity index (χ1n) is 4.72. The topological polar surface area (TPSA) is 25.8 Å². The zero-order valence-electron chi connectivity index (χ0n) is 8.67. The van der Waals surface area contributed by atoms with Crippen molar-refractivity contribution in [1.82, 2.24) is 9.97 Å². The Morgan fingerprint density at radius 2 is 1.39 bits per heavy atom. The van der Waals surface area contributed by atoms with E-state index in [4.69, 9.17) is 23.2 Å². The largest absolute Gasteiger partial charge is 0.419 e. The summed E-state index contributed by atoms with van der Waals surface area (Å²) in [5, 5.41) is 0.724. The fraction of sp³-hybridized carbons (Fsp3) is 0.0909. The molecular formula is C11H5Cl2F3N2. The van der Waals surface area contributed by atoms with E-state index in [0.29, 0.717) is 15.6 Å². The molecule has 0 aliphatic rings. The quantitative estimate of drug-likeness (QED) is 0.775. The molecule has 1 heterocycles. The van der Waals surface area contributed by atoms with Crippen molar-refractivity contribution in [2.24, 2.45) is 0 Å². The van der Waals surface area contributed by atoms with E-state index in [1.54, 1.807) is 0 Å². The minimum absolute atomic E-state index is 0.132. The number of alkyl halides is 3. The first kappa shape index (κ1) is 13.1. The highest BCUT2D eigenvalue weighted by Gasteiger charge is 2.31. The molecule has 2 aromatic rings. The van der Waals surface area contributed by atoms with Gasteiger partial charge in [0.15, 0.2) is 5.82 Å². The van der Waals surface area contributed by atoms with Gasteiger partial charge >= 0.3 is 6.18 Å². The highest BCUT2D eigenvalue weighted by molar-refractivity contribution is 6.35. The van der Waals surface area contributed by atoms with Crippen molar-refractivity contribution in [3.05, 3.63) is 46.2 Å². The predicted octanol–water partition coefficient (Wildman–Crippen LogP) is 4.47.